The molecule has 1 fully saturated rings. The van der Waals surface area contributed by atoms with Crippen LogP contribution in [0.5, 0.6) is 0 Å². The van der Waals surface area contributed by atoms with Crippen LogP contribution in [0.25, 0.3) is 11.0 Å². The van der Waals surface area contributed by atoms with E-state index in [1.807, 2.05) is 35.2 Å². The largest absolute Gasteiger partial charge is 0.465 e. The number of ether oxygens (including phenoxy) is 1. The third-order valence-corrected chi connectivity index (χ3v) is 7.79. The summed E-state index contributed by atoms with van der Waals surface area (Å²) >= 11 is 0. The van der Waals surface area contributed by atoms with E-state index >= 15 is 0 Å². The summed E-state index contributed by atoms with van der Waals surface area (Å²) in [4.78, 5) is 35.0. The zero-order valence-electron chi connectivity index (χ0n) is 24.9. The standard InChI is InChI=1S/C32H45N5O3/c1-22(2)13-19-36(20-14-23(3)4)30(38)25-9-12-28-29(21-25)37(27-15-17-35(5)18-16-27)32(34-28)33-26-10-7-24(8-11-26)31(39)40-6/h7-12,21-23,27H,13-20H2,1-6H3,(H,33,34). The summed E-state index contributed by atoms with van der Waals surface area (Å²) in [6, 6.07) is 13.4. The van der Waals surface area contributed by atoms with Gasteiger partial charge in [-0.3, -0.25) is 4.79 Å². The SMILES string of the molecule is COC(=O)c1ccc(Nc2nc3ccc(C(=O)N(CCC(C)C)CCC(C)C)cc3n2C2CCN(C)CC2)cc1. The van der Waals surface area contributed by atoms with Gasteiger partial charge in [0.1, 0.15) is 0 Å². The van der Waals surface area contributed by atoms with Gasteiger partial charge in [-0.2, -0.15) is 0 Å². The van der Waals surface area contributed by atoms with Gasteiger partial charge in [0.25, 0.3) is 5.91 Å². The average Bonchev–Trinajstić information content (AvgIpc) is 3.29. The Morgan fingerprint density at radius 2 is 1.57 bits per heavy atom. The minimum atomic E-state index is -0.363. The van der Waals surface area contributed by atoms with Crippen molar-refractivity contribution in [2.75, 3.05) is 45.7 Å². The van der Waals surface area contributed by atoms with E-state index < -0.39 is 0 Å². The minimum Gasteiger partial charge on any atom is -0.465 e. The Labute approximate surface area is 238 Å². The first-order chi connectivity index (χ1) is 19.2. The van der Waals surface area contributed by atoms with Gasteiger partial charge in [0, 0.05) is 30.4 Å². The fourth-order valence-corrected chi connectivity index (χ4v) is 5.20. The summed E-state index contributed by atoms with van der Waals surface area (Å²) in [5.74, 6) is 1.55. The number of methoxy groups -OCH3 is 1. The highest BCUT2D eigenvalue weighted by atomic mass is 16.5. The van der Waals surface area contributed by atoms with Crippen molar-refractivity contribution in [1.29, 1.82) is 0 Å². The van der Waals surface area contributed by atoms with Crippen molar-refractivity contribution in [3.63, 3.8) is 0 Å². The van der Waals surface area contributed by atoms with Crippen LogP contribution in [-0.2, 0) is 4.74 Å². The number of rotatable bonds is 11. The lowest BCUT2D eigenvalue weighted by atomic mass is 10.0. The summed E-state index contributed by atoms with van der Waals surface area (Å²) < 4.78 is 7.11. The van der Waals surface area contributed by atoms with Crippen molar-refractivity contribution in [2.45, 2.75) is 59.4 Å². The second-order valence-corrected chi connectivity index (χ2v) is 11.9. The number of aromatic nitrogens is 2. The van der Waals surface area contributed by atoms with Crippen molar-refractivity contribution in [3.05, 3.63) is 53.6 Å². The molecule has 40 heavy (non-hydrogen) atoms. The van der Waals surface area contributed by atoms with Crippen LogP contribution in [0.2, 0.25) is 0 Å². The molecule has 3 aromatic rings. The van der Waals surface area contributed by atoms with Gasteiger partial charge in [0.15, 0.2) is 0 Å². The minimum absolute atomic E-state index is 0.0900. The molecule has 0 radical (unpaired) electrons. The van der Waals surface area contributed by atoms with Gasteiger partial charge in [0.05, 0.1) is 23.7 Å². The molecule has 8 nitrogen and oxygen atoms in total. The zero-order valence-corrected chi connectivity index (χ0v) is 24.9. The lowest BCUT2D eigenvalue weighted by Gasteiger charge is -2.31. The normalized spacial score (nSPS) is 14.7. The molecule has 0 bridgehead atoms. The summed E-state index contributed by atoms with van der Waals surface area (Å²) in [7, 11) is 3.54. The van der Waals surface area contributed by atoms with E-state index in [1.165, 1.54) is 7.11 Å². The van der Waals surface area contributed by atoms with Gasteiger partial charge in [-0.05, 0) is 100 Å². The van der Waals surface area contributed by atoms with Crippen LogP contribution in [-0.4, -0.2) is 71.6 Å². The number of anilines is 2. The van der Waals surface area contributed by atoms with E-state index in [1.54, 1.807) is 12.1 Å². The first-order valence-electron chi connectivity index (χ1n) is 14.6. The zero-order chi connectivity index (χ0) is 28.8. The molecule has 4 rings (SSSR count). The molecule has 0 saturated carbocycles. The fraction of sp³-hybridized carbons (Fsp3) is 0.531. The molecule has 2 heterocycles. The van der Waals surface area contributed by atoms with Crippen LogP contribution in [0.1, 0.15) is 80.1 Å². The molecule has 1 amide bonds. The number of amides is 1. The highest BCUT2D eigenvalue weighted by Crippen LogP contribution is 2.33. The number of esters is 1. The fourth-order valence-electron chi connectivity index (χ4n) is 5.20. The quantitative estimate of drug-likeness (QED) is 0.281. The van der Waals surface area contributed by atoms with Crippen LogP contribution < -0.4 is 5.32 Å². The number of nitrogens with zero attached hydrogens (tertiary/aromatic N) is 4. The van der Waals surface area contributed by atoms with E-state index in [2.05, 4.69) is 49.5 Å². The van der Waals surface area contributed by atoms with Crippen molar-refractivity contribution < 1.29 is 14.3 Å². The van der Waals surface area contributed by atoms with Gasteiger partial charge in [0.2, 0.25) is 5.95 Å². The van der Waals surface area contributed by atoms with Gasteiger partial charge in [-0.1, -0.05) is 27.7 Å². The van der Waals surface area contributed by atoms with E-state index in [9.17, 15) is 9.59 Å². The first-order valence-corrected chi connectivity index (χ1v) is 14.6. The summed E-state index contributed by atoms with van der Waals surface area (Å²) in [5, 5.41) is 3.48. The molecule has 1 aliphatic heterocycles. The average molecular weight is 548 g/mol. The highest BCUT2D eigenvalue weighted by molar-refractivity contribution is 5.98. The van der Waals surface area contributed by atoms with Crippen LogP contribution >= 0.6 is 0 Å². The van der Waals surface area contributed by atoms with Crippen molar-refractivity contribution in [1.82, 2.24) is 19.4 Å². The third-order valence-electron chi connectivity index (χ3n) is 7.79. The molecule has 0 aliphatic carbocycles. The number of carbonyl (C=O) groups excluding carboxylic acids is 2. The van der Waals surface area contributed by atoms with E-state index in [4.69, 9.17) is 9.72 Å². The molecule has 2 aromatic carbocycles. The second-order valence-electron chi connectivity index (χ2n) is 11.9. The van der Waals surface area contributed by atoms with Gasteiger partial charge in [-0.25, -0.2) is 9.78 Å². The lowest BCUT2D eigenvalue weighted by Crippen LogP contribution is -2.34. The summed E-state index contributed by atoms with van der Waals surface area (Å²) in [6.07, 6.45) is 3.99. The number of hydrogen-bond donors (Lipinski definition) is 1. The Hall–Kier alpha value is -3.39. The maximum atomic E-state index is 13.8. The monoisotopic (exact) mass is 547 g/mol. The third kappa shape index (κ3) is 7.22. The summed E-state index contributed by atoms with van der Waals surface area (Å²) in [6.45, 7) is 12.4. The highest BCUT2D eigenvalue weighted by Gasteiger charge is 2.25. The van der Waals surface area contributed by atoms with Crippen molar-refractivity contribution in [3.8, 4) is 0 Å². The number of fused-ring (bicyclic) bond motifs is 1. The first kappa shape index (κ1) is 29.6. The van der Waals surface area contributed by atoms with E-state index in [0.717, 1.165) is 74.5 Å². The number of hydrogen-bond acceptors (Lipinski definition) is 6. The van der Waals surface area contributed by atoms with Crippen LogP contribution in [0.15, 0.2) is 42.5 Å². The molecule has 0 spiro atoms. The Morgan fingerprint density at radius 1 is 0.975 bits per heavy atom. The lowest BCUT2D eigenvalue weighted by molar-refractivity contribution is 0.0600. The van der Waals surface area contributed by atoms with Crippen molar-refractivity contribution >= 4 is 34.5 Å². The van der Waals surface area contributed by atoms with Crippen LogP contribution in [0, 0.1) is 11.8 Å². The predicted octanol–water partition coefficient (Wildman–Crippen LogP) is 6.37. The van der Waals surface area contributed by atoms with Crippen LogP contribution in [0.3, 0.4) is 0 Å². The molecule has 216 valence electrons. The molecule has 1 saturated heterocycles. The van der Waals surface area contributed by atoms with Crippen LogP contribution in [0.4, 0.5) is 11.6 Å². The topological polar surface area (TPSA) is 79.7 Å². The number of piperidine rings is 1. The molecule has 1 aliphatic rings. The van der Waals surface area contributed by atoms with E-state index in [-0.39, 0.29) is 17.9 Å². The number of imidazole rings is 1. The molecule has 1 N–H and O–H groups in total. The predicted molar refractivity (Wildman–Crippen MR) is 161 cm³/mol. The Morgan fingerprint density at radius 3 is 2.15 bits per heavy atom. The molecular weight excluding hydrogens is 502 g/mol. The van der Waals surface area contributed by atoms with E-state index in [0.29, 0.717) is 23.0 Å². The second kappa shape index (κ2) is 13.3. The molecule has 0 atom stereocenters. The smallest absolute Gasteiger partial charge is 0.337 e. The number of benzene rings is 2. The van der Waals surface area contributed by atoms with Gasteiger partial charge >= 0.3 is 5.97 Å². The maximum Gasteiger partial charge on any atom is 0.337 e. The number of carbonyl (C=O) groups is 2. The van der Waals surface area contributed by atoms with Crippen molar-refractivity contribution in [2.24, 2.45) is 11.8 Å². The maximum absolute atomic E-state index is 13.8. The molecule has 0 unspecified atom stereocenters. The Kier molecular flexibility index (Phi) is 9.85. The van der Waals surface area contributed by atoms with Gasteiger partial charge in [-0.15, -0.1) is 0 Å². The Balaban J connectivity index is 1.69. The number of likely N-dealkylation sites (tertiary alicyclic amines) is 1. The molecule has 8 heteroatoms. The van der Waals surface area contributed by atoms with Gasteiger partial charge < -0.3 is 24.4 Å². The number of nitrogens with one attached hydrogen (secondary N) is 1. The molecule has 1 aromatic heterocycles. The Bertz CT molecular complexity index is 1280. The molecular formula is C32H45N5O3. The summed E-state index contributed by atoms with van der Waals surface area (Å²) in [5.41, 5.74) is 3.88.